The van der Waals surface area contributed by atoms with Crippen LogP contribution in [0.1, 0.15) is 24.0 Å². The summed E-state index contributed by atoms with van der Waals surface area (Å²) < 4.78 is 0. The van der Waals surface area contributed by atoms with E-state index in [9.17, 15) is 0 Å². The molecule has 1 heterocycles. The molecule has 0 saturated heterocycles. The standard InChI is InChI=1S/C17H23N3S.HI/c1-14(16-9-10-21-13-16)11-19-17(18-2)20(3)12-15-7-5-4-6-8-15;/h4-10,13-14H,11-12H2,1-3H3,(H,18,19);1H. The second-order valence-electron chi connectivity index (χ2n) is 5.23. The fourth-order valence-corrected chi connectivity index (χ4v) is 3.02. The van der Waals surface area contributed by atoms with Gasteiger partial charge >= 0.3 is 0 Å². The Morgan fingerprint density at radius 3 is 2.59 bits per heavy atom. The van der Waals surface area contributed by atoms with Crippen molar-refractivity contribution in [3.05, 3.63) is 58.3 Å². The maximum Gasteiger partial charge on any atom is 0.193 e. The molecule has 0 spiro atoms. The van der Waals surface area contributed by atoms with Gasteiger partial charge < -0.3 is 10.2 Å². The number of halogens is 1. The minimum absolute atomic E-state index is 0. The zero-order valence-corrected chi connectivity index (χ0v) is 16.5. The summed E-state index contributed by atoms with van der Waals surface area (Å²) in [4.78, 5) is 6.52. The zero-order chi connectivity index (χ0) is 15.1. The first-order valence-corrected chi connectivity index (χ1v) is 8.12. The van der Waals surface area contributed by atoms with Crippen LogP contribution < -0.4 is 5.32 Å². The van der Waals surface area contributed by atoms with Crippen molar-refractivity contribution in [3.8, 4) is 0 Å². The molecule has 1 aromatic heterocycles. The minimum Gasteiger partial charge on any atom is -0.356 e. The van der Waals surface area contributed by atoms with Crippen LogP contribution in [-0.2, 0) is 6.54 Å². The van der Waals surface area contributed by atoms with E-state index in [2.05, 4.69) is 70.3 Å². The maximum atomic E-state index is 4.37. The molecule has 120 valence electrons. The Morgan fingerprint density at radius 1 is 1.27 bits per heavy atom. The van der Waals surface area contributed by atoms with E-state index >= 15 is 0 Å². The van der Waals surface area contributed by atoms with Crippen LogP contribution in [0.5, 0.6) is 0 Å². The van der Waals surface area contributed by atoms with Gasteiger partial charge in [0.15, 0.2) is 5.96 Å². The van der Waals surface area contributed by atoms with E-state index in [0.29, 0.717) is 5.92 Å². The Morgan fingerprint density at radius 2 is 2.00 bits per heavy atom. The van der Waals surface area contributed by atoms with E-state index in [1.165, 1.54) is 11.1 Å². The number of rotatable bonds is 5. The van der Waals surface area contributed by atoms with Gasteiger partial charge in [-0.15, -0.1) is 24.0 Å². The first-order valence-electron chi connectivity index (χ1n) is 7.18. The molecule has 0 aliphatic rings. The number of hydrogen-bond donors (Lipinski definition) is 1. The molecule has 22 heavy (non-hydrogen) atoms. The molecule has 1 aromatic carbocycles. The molecule has 3 nitrogen and oxygen atoms in total. The molecule has 1 N–H and O–H groups in total. The van der Waals surface area contributed by atoms with Gasteiger partial charge in [-0.1, -0.05) is 37.3 Å². The van der Waals surface area contributed by atoms with Crippen LogP contribution in [0.25, 0.3) is 0 Å². The third-order valence-electron chi connectivity index (χ3n) is 3.51. The summed E-state index contributed by atoms with van der Waals surface area (Å²) in [7, 11) is 3.90. The average Bonchev–Trinajstić information content (AvgIpc) is 3.03. The molecule has 0 aliphatic carbocycles. The van der Waals surface area contributed by atoms with Crippen molar-refractivity contribution in [2.45, 2.75) is 19.4 Å². The Kier molecular flexibility index (Phi) is 8.48. The van der Waals surface area contributed by atoms with Crippen LogP contribution in [0.3, 0.4) is 0 Å². The highest BCUT2D eigenvalue weighted by Gasteiger charge is 2.10. The zero-order valence-electron chi connectivity index (χ0n) is 13.3. The lowest BCUT2D eigenvalue weighted by Gasteiger charge is -2.23. The number of thiophene rings is 1. The molecular weight excluding hydrogens is 405 g/mol. The lowest BCUT2D eigenvalue weighted by atomic mass is 10.1. The number of aliphatic imine (C=N–C) groups is 1. The molecule has 0 aliphatic heterocycles. The molecule has 2 rings (SSSR count). The summed E-state index contributed by atoms with van der Waals surface area (Å²) in [6.07, 6.45) is 0. The first-order chi connectivity index (χ1) is 10.2. The Bertz CT molecular complexity index is 555. The number of benzene rings is 1. The van der Waals surface area contributed by atoms with Gasteiger partial charge in [0.05, 0.1) is 0 Å². The van der Waals surface area contributed by atoms with Crippen LogP contribution in [0.15, 0.2) is 52.2 Å². The third-order valence-corrected chi connectivity index (χ3v) is 4.22. The fourth-order valence-electron chi connectivity index (χ4n) is 2.23. The van der Waals surface area contributed by atoms with E-state index in [1.54, 1.807) is 11.3 Å². The van der Waals surface area contributed by atoms with Gasteiger partial charge in [-0.3, -0.25) is 4.99 Å². The van der Waals surface area contributed by atoms with Crippen LogP contribution in [0.4, 0.5) is 0 Å². The van der Waals surface area contributed by atoms with Gasteiger partial charge in [-0.05, 0) is 33.9 Å². The van der Waals surface area contributed by atoms with Crippen molar-refractivity contribution < 1.29 is 0 Å². The molecule has 0 bridgehead atoms. The topological polar surface area (TPSA) is 27.6 Å². The maximum absolute atomic E-state index is 4.37. The van der Waals surface area contributed by atoms with Gasteiger partial charge in [-0.2, -0.15) is 11.3 Å². The number of nitrogens with zero attached hydrogens (tertiary/aromatic N) is 2. The Hall–Kier alpha value is -1.08. The number of guanidine groups is 1. The van der Waals surface area contributed by atoms with Crippen molar-refractivity contribution in [1.29, 1.82) is 0 Å². The summed E-state index contributed by atoms with van der Waals surface area (Å²) >= 11 is 1.75. The molecule has 1 unspecified atom stereocenters. The van der Waals surface area contributed by atoms with E-state index in [4.69, 9.17) is 0 Å². The Labute approximate surface area is 154 Å². The van der Waals surface area contributed by atoms with Gasteiger partial charge in [0, 0.05) is 27.2 Å². The molecule has 0 amide bonds. The highest BCUT2D eigenvalue weighted by Crippen LogP contribution is 2.17. The molecule has 5 heteroatoms. The molecule has 0 fully saturated rings. The van der Waals surface area contributed by atoms with Crippen LogP contribution >= 0.6 is 35.3 Å². The predicted molar refractivity (Wildman–Crippen MR) is 107 cm³/mol. The van der Waals surface area contributed by atoms with Crippen molar-refractivity contribution >= 4 is 41.3 Å². The second kappa shape index (κ2) is 9.84. The fraction of sp³-hybridized carbons (Fsp3) is 0.353. The smallest absolute Gasteiger partial charge is 0.193 e. The minimum atomic E-state index is 0. The SMILES string of the molecule is CN=C(NCC(C)c1ccsc1)N(C)Cc1ccccc1.I. The molecular formula is C17H24IN3S. The van der Waals surface area contributed by atoms with Gasteiger partial charge in [-0.25, -0.2) is 0 Å². The largest absolute Gasteiger partial charge is 0.356 e. The Balaban J connectivity index is 0.00000242. The van der Waals surface area contributed by atoms with Crippen LogP contribution in [0.2, 0.25) is 0 Å². The molecule has 0 radical (unpaired) electrons. The summed E-state index contributed by atoms with van der Waals surface area (Å²) in [5, 5.41) is 7.80. The van der Waals surface area contributed by atoms with Crippen molar-refractivity contribution in [1.82, 2.24) is 10.2 Å². The lowest BCUT2D eigenvalue weighted by molar-refractivity contribution is 0.473. The quantitative estimate of drug-likeness (QED) is 0.439. The van der Waals surface area contributed by atoms with Gasteiger partial charge in [0.2, 0.25) is 0 Å². The summed E-state index contributed by atoms with van der Waals surface area (Å²) in [5.41, 5.74) is 2.67. The summed E-state index contributed by atoms with van der Waals surface area (Å²) in [6.45, 7) is 3.98. The second-order valence-corrected chi connectivity index (χ2v) is 6.01. The van der Waals surface area contributed by atoms with E-state index in [-0.39, 0.29) is 24.0 Å². The normalized spacial score (nSPS) is 12.4. The van der Waals surface area contributed by atoms with Crippen LogP contribution in [-0.4, -0.2) is 31.5 Å². The van der Waals surface area contributed by atoms with Crippen LogP contribution in [0, 0.1) is 0 Å². The van der Waals surface area contributed by atoms with Gasteiger partial charge in [0.25, 0.3) is 0 Å². The molecule has 2 aromatic rings. The first kappa shape index (κ1) is 19.0. The van der Waals surface area contributed by atoms with Crippen molar-refractivity contribution in [3.63, 3.8) is 0 Å². The highest BCUT2D eigenvalue weighted by atomic mass is 127. The van der Waals surface area contributed by atoms with Gasteiger partial charge in [0.1, 0.15) is 0 Å². The summed E-state index contributed by atoms with van der Waals surface area (Å²) in [6, 6.07) is 12.6. The van der Waals surface area contributed by atoms with E-state index in [0.717, 1.165) is 19.0 Å². The lowest BCUT2D eigenvalue weighted by Crippen LogP contribution is -2.40. The molecule has 0 saturated carbocycles. The third kappa shape index (κ3) is 5.61. The predicted octanol–water partition coefficient (Wildman–Crippen LogP) is 4.18. The van der Waals surface area contributed by atoms with Crippen molar-refractivity contribution in [2.75, 3.05) is 20.6 Å². The number of hydrogen-bond acceptors (Lipinski definition) is 2. The van der Waals surface area contributed by atoms with Crippen molar-refractivity contribution in [2.24, 2.45) is 4.99 Å². The highest BCUT2D eigenvalue weighted by molar-refractivity contribution is 14.0. The average molecular weight is 429 g/mol. The number of nitrogens with one attached hydrogen (secondary N) is 1. The van der Waals surface area contributed by atoms with E-state index < -0.39 is 0 Å². The monoisotopic (exact) mass is 429 g/mol. The molecule has 1 atom stereocenters. The summed E-state index contributed by atoms with van der Waals surface area (Å²) in [5.74, 6) is 1.42. The van der Waals surface area contributed by atoms with E-state index in [1.807, 2.05) is 13.1 Å².